The van der Waals surface area contributed by atoms with Gasteiger partial charge in [-0.05, 0) is 55.3 Å². The van der Waals surface area contributed by atoms with E-state index >= 15 is 0 Å². The molecule has 0 fully saturated rings. The largest absolute Gasteiger partial charge is 0.490 e. The number of pyridine rings is 1. The van der Waals surface area contributed by atoms with Gasteiger partial charge in [0.15, 0.2) is 0 Å². The van der Waals surface area contributed by atoms with Gasteiger partial charge in [-0.3, -0.25) is 4.72 Å². The molecule has 0 saturated heterocycles. The van der Waals surface area contributed by atoms with Crippen LogP contribution in [0.1, 0.15) is 30.7 Å². The van der Waals surface area contributed by atoms with Crippen LogP contribution in [0.3, 0.4) is 0 Å². The van der Waals surface area contributed by atoms with Crippen LogP contribution in [-0.4, -0.2) is 51.1 Å². The molecule has 0 amide bonds. The number of nitrogens with zero attached hydrogens (tertiary/aromatic N) is 2. The molecule has 2 aliphatic rings. The maximum absolute atomic E-state index is 13.0. The van der Waals surface area contributed by atoms with E-state index in [-0.39, 0.29) is 11.0 Å². The summed E-state index contributed by atoms with van der Waals surface area (Å²) in [7, 11) is -2.26. The number of benzene rings is 1. The zero-order valence-corrected chi connectivity index (χ0v) is 17.9. The van der Waals surface area contributed by atoms with Gasteiger partial charge in [0.1, 0.15) is 17.5 Å². The van der Waals surface area contributed by atoms with Crippen molar-refractivity contribution >= 4 is 15.7 Å². The summed E-state index contributed by atoms with van der Waals surface area (Å²) in [6.45, 7) is 6.99. The van der Waals surface area contributed by atoms with E-state index in [4.69, 9.17) is 9.47 Å². The van der Waals surface area contributed by atoms with Gasteiger partial charge in [0.2, 0.25) is 5.88 Å². The van der Waals surface area contributed by atoms with Crippen molar-refractivity contribution in [1.29, 1.82) is 0 Å². The highest BCUT2D eigenvalue weighted by Gasteiger charge is 2.25. The second-order valence-corrected chi connectivity index (χ2v) is 9.28. The first-order chi connectivity index (χ1) is 13.9. The zero-order valence-electron chi connectivity index (χ0n) is 17.1. The molecule has 29 heavy (non-hydrogen) atoms. The number of hydrogen-bond donors (Lipinski definition) is 1. The van der Waals surface area contributed by atoms with Gasteiger partial charge in [0.05, 0.1) is 12.0 Å². The van der Waals surface area contributed by atoms with E-state index in [1.165, 1.54) is 7.11 Å². The summed E-state index contributed by atoms with van der Waals surface area (Å²) in [5.74, 6) is 1.05. The van der Waals surface area contributed by atoms with Gasteiger partial charge in [-0.2, -0.15) is 0 Å². The minimum Gasteiger partial charge on any atom is -0.490 e. The quantitative estimate of drug-likeness (QED) is 0.806. The minimum absolute atomic E-state index is 0.0625. The number of nitrogens with one attached hydrogen (secondary N) is 1. The van der Waals surface area contributed by atoms with Crippen LogP contribution in [0, 0.1) is 0 Å². The molecule has 8 heteroatoms. The number of aromatic nitrogens is 1. The monoisotopic (exact) mass is 417 g/mol. The molecular formula is C21H27N3O4S. The van der Waals surface area contributed by atoms with Crippen LogP contribution in [0.25, 0.3) is 0 Å². The van der Waals surface area contributed by atoms with Crippen LogP contribution in [0.15, 0.2) is 29.2 Å². The molecule has 2 aromatic rings. The lowest BCUT2D eigenvalue weighted by molar-refractivity contribution is 0.254. The third-order valence-electron chi connectivity index (χ3n) is 5.58. The van der Waals surface area contributed by atoms with Gasteiger partial charge in [-0.15, -0.1) is 0 Å². The smallest absolute Gasteiger partial charge is 0.262 e. The van der Waals surface area contributed by atoms with E-state index < -0.39 is 10.0 Å². The molecule has 0 radical (unpaired) electrons. The summed E-state index contributed by atoms with van der Waals surface area (Å²) in [5.41, 5.74) is 3.33. The fourth-order valence-corrected chi connectivity index (χ4v) is 5.07. The summed E-state index contributed by atoms with van der Waals surface area (Å²) in [6, 6.07) is 6.85. The molecule has 0 aliphatic carbocycles. The molecule has 1 unspecified atom stereocenters. The minimum atomic E-state index is -3.77. The Labute approximate surface area is 172 Å². The molecule has 2 aliphatic heterocycles. The number of sulfonamides is 1. The predicted molar refractivity (Wildman–Crippen MR) is 111 cm³/mol. The summed E-state index contributed by atoms with van der Waals surface area (Å²) < 4.78 is 39.8. The average molecular weight is 418 g/mol. The van der Waals surface area contributed by atoms with Crippen molar-refractivity contribution in [3.63, 3.8) is 0 Å². The fourth-order valence-electron chi connectivity index (χ4n) is 3.98. The third-order valence-corrected chi connectivity index (χ3v) is 6.94. The van der Waals surface area contributed by atoms with E-state index in [9.17, 15) is 8.42 Å². The molecule has 156 valence electrons. The van der Waals surface area contributed by atoms with Gasteiger partial charge in [0.25, 0.3) is 10.0 Å². The number of fused-ring (bicyclic) bond motifs is 2. The SMILES string of the molecule is CCN1CCc2cc(NS(=O)(=O)c3ccc4c(c3)CC(C)O4)c(OC)nc2CC1. The average Bonchev–Trinajstić information content (AvgIpc) is 2.95. The van der Waals surface area contributed by atoms with Gasteiger partial charge in [-0.1, -0.05) is 6.92 Å². The van der Waals surface area contributed by atoms with E-state index in [2.05, 4.69) is 21.5 Å². The first kappa shape index (κ1) is 20.0. The Bertz CT molecular complexity index is 1020. The Hall–Kier alpha value is -2.32. The molecule has 3 heterocycles. The maximum Gasteiger partial charge on any atom is 0.262 e. The molecule has 1 aromatic carbocycles. The van der Waals surface area contributed by atoms with Crippen LogP contribution in [0.4, 0.5) is 5.69 Å². The summed E-state index contributed by atoms with van der Waals surface area (Å²) in [5, 5.41) is 0. The highest BCUT2D eigenvalue weighted by molar-refractivity contribution is 7.92. The molecule has 0 saturated carbocycles. The Morgan fingerprint density at radius 2 is 2.03 bits per heavy atom. The highest BCUT2D eigenvalue weighted by atomic mass is 32.2. The van der Waals surface area contributed by atoms with E-state index in [0.29, 0.717) is 18.0 Å². The van der Waals surface area contributed by atoms with Crippen molar-refractivity contribution in [3.8, 4) is 11.6 Å². The molecule has 1 aromatic heterocycles. The Morgan fingerprint density at radius 1 is 1.24 bits per heavy atom. The molecule has 7 nitrogen and oxygen atoms in total. The van der Waals surface area contributed by atoms with Gasteiger partial charge >= 0.3 is 0 Å². The van der Waals surface area contributed by atoms with Gasteiger partial charge in [-0.25, -0.2) is 13.4 Å². The van der Waals surface area contributed by atoms with Gasteiger partial charge < -0.3 is 14.4 Å². The molecule has 4 rings (SSSR count). The van der Waals surface area contributed by atoms with Crippen LogP contribution >= 0.6 is 0 Å². The van der Waals surface area contributed by atoms with Crippen molar-refractivity contribution in [1.82, 2.24) is 9.88 Å². The maximum atomic E-state index is 13.0. The predicted octanol–water partition coefficient (Wildman–Crippen LogP) is 2.63. The van der Waals surface area contributed by atoms with Crippen molar-refractivity contribution in [3.05, 3.63) is 41.1 Å². The summed E-state index contributed by atoms with van der Waals surface area (Å²) >= 11 is 0. The first-order valence-electron chi connectivity index (χ1n) is 10.0. The standard InChI is InChI=1S/C21H27N3O4S/c1-4-24-9-7-15-13-19(21(27-3)22-18(15)8-10-24)23-29(25,26)17-5-6-20-16(12-17)11-14(2)28-20/h5-6,12-14,23H,4,7-11H2,1-3H3. The number of rotatable bonds is 5. The van der Waals surface area contributed by atoms with Crippen LogP contribution in [-0.2, 0) is 29.3 Å². The number of likely N-dealkylation sites (N-methyl/N-ethyl adjacent to an activating group) is 1. The van der Waals surface area contributed by atoms with Crippen LogP contribution < -0.4 is 14.2 Å². The first-order valence-corrected chi connectivity index (χ1v) is 11.5. The Balaban J connectivity index is 1.64. The van der Waals surface area contributed by atoms with Crippen molar-refractivity contribution in [2.24, 2.45) is 0 Å². The molecule has 0 spiro atoms. The molecule has 1 atom stereocenters. The molecule has 1 N–H and O–H groups in total. The lowest BCUT2D eigenvalue weighted by Crippen LogP contribution is -2.25. The van der Waals surface area contributed by atoms with Crippen molar-refractivity contribution in [2.75, 3.05) is 31.5 Å². The van der Waals surface area contributed by atoms with E-state index in [1.54, 1.807) is 18.2 Å². The second kappa shape index (κ2) is 7.84. The highest BCUT2D eigenvalue weighted by Crippen LogP contribution is 2.33. The zero-order chi connectivity index (χ0) is 20.6. The number of hydrogen-bond acceptors (Lipinski definition) is 6. The third kappa shape index (κ3) is 4.04. The van der Waals surface area contributed by atoms with E-state index in [0.717, 1.165) is 55.0 Å². The van der Waals surface area contributed by atoms with Crippen LogP contribution in [0.2, 0.25) is 0 Å². The van der Waals surface area contributed by atoms with E-state index in [1.807, 2.05) is 13.0 Å². The van der Waals surface area contributed by atoms with Crippen LogP contribution in [0.5, 0.6) is 11.6 Å². The Morgan fingerprint density at radius 3 is 2.79 bits per heavy atom. The number of methoxy groups -OCH3 is 1. The van der Waals surface area contributed by atoms with Crippen molar-refractivity contribution in [2.45, 2.75) is 44.1 Å². The molecule has 0 bridgehead atoms. The topological polar surface area (TPSA) is 80.8 Å². The summed E-state index contributed by atoms with van der Waals surface area (Å²) in [6.07, 6.45) is 2.43. The fraction of sp³-hybridized carbons (Fsp3) is 0.476. The summed E-state index contributed by atoms with van der Waals surface area (Å²) in [4.78, 5) is 7.19. The normalized spacial score (nSPS) is 19.1. The lowest BCUT2D eigenvalue weighted by Gasteiger charge is -2.16. The van der Waals surface area contributed by atoms with Crippen molar-refractivity contribution < 1.29 is 17.9 Å². The number of anilines is 1. The lowest BCUT2D eigenvalue weighted by atomic mass is 10.1. The molecular weight excluding hydrogens is 390 g/mol. The second-order valence-electron chi connectivity index (χ2n) is 7.59. The van der Waals surface area contributed by atoms with Gasteiger partial charge in [0, 0.05) is 31.6 Å². The Kier molecular flexibility index (Phi) is 5.40. The number of ether oxygens (including phenoxy) is 2.